The van der Waals surface area contributed by atoms with E-state index in [1.807, 2.05) is 0 Å². The number of nitrogens with one attached hydrogen (secondary N) is 1. The summed E-state index contributed by atoms with van der Waals surface area (Å²) in [5.41, 5.74) is 6.10. The number of aromatic amines is 1. The van der Waals surface area contributed by atoms with Gasteiger partial charge in [-0.25, -0.2) is 4.68 Å². The van der Waals surface area contributed by atoms with Crippen LogP contribution in [0.5, 0.6) is 5.88 Å². The second-order valence-electron chi connectivity index (χ2n) is 3.95. The zero-order valence-electron chi connectivity index (χ0n) is 9.69. The van der Waals surface area contributed by atoms with Gasteiger partial charge in [0, 0.05) is 5.02 Å². The summed E-state index contributed by atoms with van der Waals surface area (Å²) >= 11 is 5.79. The van der Waals surface area contributed by atoms with Crippen molar-refractivity contribution in [3.63, 3.8) is 0 Å². The van der Waals surface area contributed by atoms with Crippen LogP contribution < -0.4 is 11.3 Å². The first-order valence-electron chi connectivity index (χ1n) is 5.62. The maximum atomic E-state index is 11.7. The van der Waals surface area contributed by atoms with Gasteiger partial charge in [0.15, 0.2) is 0 Å². The van der Waals surface area contributed by atoms with E-state index in [9.17, 15) is 9.90 Å². The molecule has 1 aromatic heterocycles. The van der Waals surface area contributed by atoms with Gasteiger partial charge < -0.3 is 10.8 Å². The fourth-order valence-electron chi connectivity index (χ4n) is 1.74. The van der Waals surface area contributed by atoms with Crippen molar-refractivity contribution in [2.75, 3.05) is 6.54 Å². The number of nitrogens with zero attached hydrogens (tertiary/aromatic N) is 1. The van der Waals surface area contributed by atoms with Crippen LogP contribution in [0.2, 0.25) is 5.02 Å². The van der Waals surface area contributed by atoms with Crippen LogP contribution in [-0.2, 0) is 6.42 Å². The number of halogens is 1. The lowest BCUT2D eigenvalue weighted by Gasteiger charge is -2.04. The molecular weight excluding hydrogens is 254 g/mol. The molecule has 4 N–H and O–H groups in total. The molecule has 2 rings (SSSR count). The van der Waals surface area contributed by atoms with Crippen molar-refractivity contribution in [2.45, 2.75) is 12.8 Å². The Morgan fingerprint density at radius 3 is 2.61 bits per heavy atom. The van der Waals surface area contributed by atoms with E-state index in [-0.39, 0.29) is 11.4 Å². The lowest BCUT2D eigenvalue weighted by molar-refractivity contribution is 0.427. The van der Waals surface area contributed by atoms with E-state index in [0.717, 1.165) is 0 Å². The number of aromatic hydroxyl groups is 1. The van der Waals surface area contributed by atoms with E-state index in [1.54, 1.807) is 24.3 Å². The lowest BCUT2D eigenvalue weighted by Crippen LogP contribution is -2.09. The standard InChI is InChI=1S/C12H14ClN3O2/c13-8-3-5-9(6-4-8)16-12(18)10(2-1-7-14)11(17)15-16/h3-6,18H,1-2,7,14H2,(H,15,17). The Morgan fingerprint density at radius 1 is 1.33 bits per heavy atom. The number of aromatic nitrogens is 2. The van der Waals surface area contributed by atoms with Crippen molar-refractivity contribution in [1.82, 2.24) is 9.78 Å². The van der Waals surface area contributed by atoms with E-state index >= 15 is 0 Å². The van der Waals surface area contributed by atoms with Crippen molar-refractivity contribution in [2.24, 2.45) is 5.73 Å². The maximum absolute atomic E-state index is 11.7. The van der Waals surface area contributed by atoms with Gasteiger partial charge in [-0.3, -0.25) is 9.89 Å². The fourth-order valence-corrected chi connectivity index (χ4v) is 1.87. The highest BCUT2D eigenvalue weighted by Gasteiger charge is 2.14. The summed E-state index contributed by atoms with van der Waals surface area (Å²) in [4.78, 5) is 11.7. The predicted octanol–water partition coefficient (Wildman–Crippen LogP) is 1.42. The van der Waals surface area contributed by atoms with Gasteiger partial charge >= 0.3 is 0 Å². The Morgan fingerprint density at radius 2 is 2.00 bits per heavy atom. The Balaban J connectivity index is 2.40. The number of hydrogen-bond acceptors (Lipinski definition) is 3. The van der Waals surface area contributed by atoms with E-state index in [4.69, 9.17) is 17.3 Å². The highest BCUT2D eigenvalue weighted by Crippen LogP contribution is 2.20. The molecule has 1 heterocycles. The average Bonchev–Trinajstić information content (AvgIpc) is 2.64. The molecule has 0 bridgehead atoms. The van der Waals surface area contributed by atoms with Crippen LogP contribution >= 0.6 is 11.6 Å². The quantitative estimate of drug-likeness (QED) is 0.783. The smallest absolute Gasteiger partial charge is 0.271 e. The molecule has 96 valence electrons. The van der Waals surface area contributed by atoms with Crippen LogP contribution in [0.1, 0.15) is 12.0 Å². The summed E-state index contributed by atoms with van der Waals surface area (Å²) < 4.78 is 1.34. The largest absolute Gasteiger partial charge is 0.493 e. The van der Waals surface area contributed by atoms with Crippen LogP contribution in [0.4, 0.5) is 0 Å². The second-order valence-corrected chi connectivity index (χ2v) is 4.38. The first-order valence-corrected chi connectivity index (χ1v) is 6.00. The molecule has 0 saturated heterocycles. The summed E-state index contributed by atoms with van der Waals surface area (Å²) in [6.07, 6.45) is 1.11. The monoisotopic (exact) mass is 267 g/mol. The molecule has 0 aliphatic carbocycles. The van der Waals surface area contributed by atoms with Gasteiger partial charge in [0.2, 0.25) is 5.88 Å². The minimum Gasteiger partial charge on any atom is -0.493 e. The van der Waals surface area contributed by atoms with E-state index in [0.29, 0.717) is 35.7 Å². The molecule has 2 aromatic rings. The third kappa shape index (κ3) is 2.42. The number of nitrogens with two attached hydrogens (primary N) is 1. The van der Waals surface area contributed by atoms with Crippen LogP contribution in [0.25, 0.3) is 5.69 Å². The lowest BCUT2D eigenvalue weighted by atomic mass is 10.2. The molecule has 0 aliphatic heterocycles. The molecule has 0 unspecified atom stereocenters. The van der Waals surface area contributed by atoms with Crippen LogP contribution in [0.15, 0.2) is 29.1 Å². The minimum atomic E-state index is -0.295. The summed E-state index contributed by atoms with van der Waals surface area (Å²) in [6, 6.07) is 6.80. The molecule has 6 heteroatoms. The molecule has 0 fully saturated rings. The minimum absolute atomic E-state index is 0.0734. The highest BCUT2D eigenvalue weighted by molar-refractivity contribution is 6.30. The van der Waals surface area contributed by atoms with Crippen LogP contribution in [-0.4, -0.2) is 21.4 Å². The number of benzene rings is 1. The first kappa shape index (κ1) is 12.7. The molecule has 5 nitrogen and oxygen atoms in total. The van der Waals surface area contributed by atoms with Crippen molar-refractivity contribution in [1.29, 1.82) is 0 Å². The average molecular weight is 268 g/mol. The van der Waals surface area contributed by atoms with Gasteiger partial charge in [0.25, 0.3) is 5.56 Å². The van der Waals surface area contributed by atoms with Gasteiger partial charge in [0.05, 0.1) is 11.3 Å². The molecule has 0 radical (unpaired) electrons. The third-order valence-corrected chi connectivity index (χ3v) is 2.94. The van der Waals surface area contributed by atoms with Gasteiger partial charge in [0.1, 0.15) is 0 Å². The van der Waals surface area contributed by atoms with E-state index in [1.165, 1.54) is 4.68 Å². The highest BCUT2D eigenvalue weighted by atomic mass is 35.5. The van der Waals surface area contributed by atoms with Gasteiger partial charge in [-0.2, -0.15) is 0 Å². The molecular formula is C12H14ClN3O2. The predicted molar refractivity (Wildman–Crippen MR) is 70.4 cm³/mol. The molecule has 18 heavy (non-hydrogen) atoms. The van der Waals surface area contributed by atoms with Gasteiger partial charge in [-0.15, -0.1) is 0 Å². The number of hydrogen-bond donors (Lipinski definition) is 3. The second kappa shape index (κ2) is 5.29. The molecule has 0 amide bonds. The van der Waals surface area contributed by atoms with Crippen molar-refractivity contribution in [3.05, 3.63) is 45.2 Å². The first-order chi connectivity index (χ1) is 8.63. The normalized spacial score (nSPS) is 10.8. The van der Waals surface area contributed by atoms with Crippen molar-refractivity contribution >= 4 is 11.6 Å². The van der Waals surface area contributed by atoms with Gasteiger partial charge in [-0.1, -0.05) is 11.6 Å². The zero-order chi connectivity index (χ0) is 13.1. The van der Waals surface area contributed by atoms with E-state index < -0.39 is 0 Å². The Hall–Kier alpha value is -1.72. The summed E-state index contributed by atoms with van der Waals surface area (Å²) in [6.45, 7) is 0.477. The number of rotatable bonds is 4. The third-order valence-electron chi connectivity index (χ3n) is 2.68. The van der Waals surface area contributed by atoms with Crippen LogP contribution in [0, 0.1) is 0 Å². The molecule has 0 spiro atoms. The Bertz CT molecular complexity index is 586. The number of H-pyrrole nitrogens is 1. The van der Waals surface area contributed by atoms with E-state index in [2.05, 4.69) is 5.10 Å². The summed E-state index contributed by atoms with van der Waals surface area (Å²) in [5.74, 6) is -0.0734. The summed E-state index contributed by atoms with van der Waals surface area (Å²) in [7, 11) is 0. The summed E-state index contributed by atoms with van der Waals surface area (Å²) in [5, 5.41) is 13.2. The molecule has 0 aliphatic rings. The zero-order valence-corrected chi connectivity index (χ0v) is 10.4. The molecule has 1 aromatic carbocycles. The fraction of sp³-hybridized carbons (Fsp3) is 0.250. The molecule has 0 saturated carbocycles. The van der Waals surface area contributed by atoms with Gasteiger partial charge in [-0.05, 0) is 43.7 Å². The van der Waals surface area contributed by atoms with Crippen molar-refractivity contribution < 1.29 is 5.11 Å². The Kier molecular flexibility index (Phi) is 3.74. The SMILES string of the molecule is NCCCc1c(O)n(-c2ccc(Cl)cc2)[nH]c1=O. The Labute approximate surface area is 109 Å². The topological polar surface area (TPSA) is 84.0 Å². The maximum Gasteiger partial charge on any atom is 0.271 e. The molecule has 0 atom stereocenters. The van der Waals surface area contributed by atoms with Crippen LogP contribution in [0.3, 0.4) is 0 Å². The van der Waals surface area contributed by atoms with Crippen molar-refractivity contribution in [3.8, 4) is 11.6 Å².